The number of nitrogens with two attached hydrogens (primary N) is 1. The van der Waals surface area contributed by atoms with Gasteiger partial charge in [-0.2, -0.15) is 0 Å². The summed E-state index contributed by atoms with van der Waals surface area (Å²) in [5.41, 5.74) is 6.13. The van der Waals surface area contributed by atoms with Crippen LogP contribution in [0.2, 0.25) is 0 Å². The van der Waals surface area contributed by atoms with E-state index in [-0.39, 0.29) is 5.54 Å². The fourth-order valence-electron chi connectivity index (χ4n) is 3.06. The van der Waals surface area contributed by atoms with Crippen LogP contribution in [0.5, 0.6) is 0 Å². The molecule has 0 aromatic rings. The van der Waals surface area contributed by atoms with Crippen LogP contribution >= 0.6 is 0 Å². The molecule has 3 nitrogen and oxygen atoms in total. The predicted octanol–water partition coefficient (Wildman–Crippen LogP) is 1.37. The Labute approximate surface area is 93.0 Å². The lowest BCUT2D eigenvalue weighted by Crippen LogP contribution is -2.61. The predicted molar refractivity (Wildman–Crippen MR) is 61.8 cm³/mol. The third-order valence-electron chi connectivity index (χ3n) is 4.38. The smallest absolute Gasteiger partial charge is 0.0731 e. The van der Waals surface area contributed by atoms with Crippen LogP contribution < -0.4 is 5.73 Å². The van der Waals surface area contributed by atoms with Crippen LogP contribution in [-0.2, 0) is 4.74 Å². The zero-order chi connectivity index (χ0) is 10.9. The molecule has 0 bridgehead atoms. The summed E-state index contributed by atoms with van der Waals surface area (Å²) in [6, 6.07) is 0.632. The van der Waals surface area contributed by atoms with Crippen molar-refractivity contribution in [2.45, 2.75) is 57.2 Å². The molecule has 0 aromatic carbocycles. The third kappa shape index (κ3) is 1.93. The molecule has 3 heteroatoms. The quantitative estimate of drug-likeness (QED) is 0.768. The number of fused-ring (bicyclic) bond motifs is 1. The van der Waals surface area contributed by atoms with Crippen LogP contribution in [-0.4, -0.2) is 42.3 Å². The lowest BCUT2D eigenvalue weighted by atomic mass is 9.92. The van der Waals surface area contributed by atoms with E-state index in [9.17, 15) is 0 Å². The first-order valence-corrected chi connectivity index (χ1v) is 6.29. The summed E-state index contributed by atoms with van der Waals surface area (Å²) in [6.07, 6.45) is 5.46. The van der Waals surface area contributed by atoms with Gasteiger partial charge in [0.25, 0.3) is 0 Å². The molecule has 1 aliphatic heterocycles. The Morgan fingerprint density at radius 2 is 2.27 bits per heavy atom. The van der Waals surface area contributed by atoms with E-state index in [1.807, 2.05) is 0 Å². The van der Waals surface area contributed by atoms with E-state index >= 15 is 0 Å². The topological polar surface area (TPSA) is 38.5 Å². The summed E-state index contributed by atoms with van der Waals surface area (Å²) >= 11 is 0. The van der Waals surface area contributed by atoms with Crippen LogP contribution in [0, 0.1) is 0 Å². The molecule has 0 amide bonds. The molecule has 3 atom stereocenters. The van der Waals surface area contributed by atoms with Crippen LogP contribution in [0.15, 0.2) is 0 Å². The van der Waals surface area contributed by atoms with Gasteiger partial charge in [-0.3, -0.25) is 4.90 Å². The van der Waals surface area contributed by atoms with Gasteiger partial charge in [-0.05, 0) is 32.6 Å². The zero-order valence-electron chi connectivity index (χ0n) is 10.0. The molecule has 3 unspecified atom stereocenters. The van der Waals surface area contributed by atoms with Crippen molar-refractivity contribution in [3.05, 3.63) is 0 Å². The van der Waals surface area contributed by atoms with Gasteiger partial charge in [-0.1, -0.05) is 6.92 Å². The molecule has 1 saturated carbocycles. The highest BCUT2D eigenvalue weighted by Crippen LogP contribution is 2.34. The van der Waals surface area contributed by atoms with Crippen molar-refractivity contribution < 1.29 is 4.74 Å². The van der Waals surface area contributed by atoms with Gasteiger partial charge in [0, 0.05) is 24.7 Å². The molecule has 2 aliphatic rings. The fraction of sp³-hybridized carbons (Fsp3) is 1.00. The van der Waals surface area contributed by atoms with Crippen LogP contribution in [0.3, 0.4) is 0 Å². The molecule has 1 heterocycles. The number of hydrogen-bond acceptors (Lipinski definition) is 3. The van der Waals surface area contributed by atoms with E-state index in [4.69, 9.17) is 10.5 Å². The largest absolute Gasteiger partial charge is 0.375 e. The van der Waals surface area contributed by atoms with Gasteiger partial charge < -0.3 is 10.5 Å². The molecule has 1 saturated heterocycles. The molecule has 2 N–H and O–H groups in total. The Morgan fingerprint density at radius 3 is 2.93 bits per heavy atom. The highest BCUT2D eigenvalue weighted by molar-refractivity contribution is 4.97. The number of morpholine rings is 1. The van der Waals surface area contributed by atoms with E-state index in [0.29, 0.717) is 12.1 Å². The Morgan fingerprint density at radius 1 is 1.47 bits per heavy atom. The zero-order valence-corrected chi connectivity index (χ0v) is 10.0. The minimum Gasteiger partial charge on any atom is -0.375 e. The highest BCUT2D eigenvalue weighted by atomic mass is 16.5. The van der Waals surface area contributed by atoms with Gasteiger partial charge in [0.2, 0.25) is 0 Å². The molecule has 2 rings (SSSR count). The molecule has 88 valence electrons. The Bertz CT molecular complexity index is 216. The van der Waals surface area contributed by atoms with E-state index < -0.39 is 0 Å². The first kappa shape index (κ1) is 11.4. The van der Waals surface area contributed by atoms with Crippen LogP contribution in [0.25, 0.3) is 0 Å². The van der Waals surface area contributed by atoms with Gasteiger partial charge in [0.15, 0.2) is 0 Å². The van der Waals surface area contributed by atoms with Crippen molar-refractivity contribution in [2.75, 3.05) is 19.7 Å². The SMILES string of the molecule is CCC(C)(CN)N1CCOC2CCCC21. The van der Waals surface area contributed by atoms with Crippen molar-refractivity contribution in [1.82, 2.24) is 4.90 Å². The van der Waals surface area contributed by atoms with Gasteiger partial charge in [0.1, 0.15) is 0 Å². The van der Waals surface area contributed by atoms with Crippen molar-refractivity contribution in [3.8, 4) is 0 Å². The van der Waals surface area contributed by atoms with Gasteiger partial charge in [0.05, 0.1) is 12.7 Å². The standard InChI is InChI=1S/C12H24N2O/c1-3-12(2,9-13)14-7-8-15-11-6-4-5-10(11)14/h10-11H,3-9,13H2,1-2H3. The lowest BCUT2D eigenvalue weighted by molar-refractivity contribution is -0.0940. The lowest BCUT2D eigenvalue weighted by Gasteiger charge is -2.48. The van der Waals surface area contributed by atoms with E-state index in [2.05, 4.69) is 18.7 Å². The fourth-order valence-corrected chi connectivity index (χ4v) is 3.06. The highest BCUT2D eigenvalue weighted by Gasteiger charge is 2.42. The van der Waals surface area contributed by atoms with E-state index in [0.717, 1.165) is 26.1 Å². The molecular formula is C12H24N2O. The normalized spacial score (nSPS) is 36.2. The summed E-state index contributed by atoms with van der Waals surface area (Å²) < 4.78 is 5.83. The summed E-state index contributed by atoms with van der Waals surface area (Å²) in [5.74, 6) is 0. The molecule has 2 fully saturated rings. The molecule has 0 radical (unpaired) electrons. The second-order valence-corrected chi connectivity index (χ2v) is 5.16. The number of rotatable bonds is 3. The maximum Gasteiger partial charge on any atom is 0.0731 e. The maximum absolute atomic E-state index is 5.95. The van der Waals surface area contributed by atoms with Gasteiger partial charge in [-0.15, -0.1) is 0 Å². The molecular weight excluding hydrogens is 188 g/mol. The first-order chi connectivity index (χ1) is 7.21. The summed E-state index contributed by atoms with van der Waals surface area (Å²) in [4.78, 5) is 2.62. The minimum atomic E-state index is 0.178. The minimum absolute atomic E-state index is 0.178. The first-order valence-electron chi connectivity index (χ1n) is 6.29. The third-order valence-corrected chi connectivity index (χ3v) is 4.38. The van der Waals surface area contributed by atoms with Crippen molar-refractivity contribution in [2.24, 2.45) is 5.73 Å². The molecule has 1 aliphatic carbocycles. The van der Waals surface area contributed by atoms with E-state index in [1.54, 1.807) is 0 Å². The molecule has 0 spiro atoms. The average Bonchev–Trinajstić information content (AvgIpc) is 2.75. The number of hydrogen-bond donors (Lipinski definition) is 1. The average molecular weight is 212 g/mol. The number of nitrogens with zero attached hydrogens (tertiary/aromatic N) is 1. The van der Waals surface area contributed by atoms with Gasteiger partial charge >= 0.3 is 0 Å². The van der Waals surface area contributed by atoms with Crippen LogP contribution in [0.4, 0.5) is 0 Å². The summed E-state index contributed by atoms with van der Waals surface area (Å²) in [7, 11) is 0. The monoisotopic (exact) mass is 212 g/mol. The Hall–Kier alpha value is -0.120. The second kappa shape index (κ2) is 4.40. The Kier molecular flexibility index (Phi) is 3.33. The Balaban J connectivity index is 2.12. The second-order valence-electron chi connectivity index (χ2n) is 5.16. The molecule has 15 heavy (non-hydrogen) atoms. The maximum atomic E-state index is 5.95. The van der Waals surface area contributed by atoms with Crippen molar-refractivity contribution in [1.29, 1.82) is 0 Å². The number of ether oxygens (including phenoxy) is 1. The van der Waals surface area contributed by atoms with Gasteiger partial charge in [-0.25, -0.2) is 0 Å². The summed E-state index contributed by atoms with van der Waals surface area (Å²) in [6.45, 7) is 7.24. The summed E-state index contributed by atoms with van der Waals surface area (Å²) in [5, 5.41) is 0. The van der Waals surface area contributed by atoms with Crippen molar-refractivity contribution in [3.63, 3.8) is 0 Å². The molecule has 0 aromatic heterocycles. The van der Waals surface area contributed by atoms with Crippen molar-refractivity contribution >= 4 is 0 Å². The van der Waals surface area contributed by atoms with E-state index in [1.165, 1.54) is 19.3 Å². The van der Waals surface area contributed by atoms with Crippen LogP contribution in [0.1, 0.15) is 39.5 Å².